The molecule has 24 heavy (non-hydrogen) atoms. The summed E-state index contributed by atoms with van der Waals surface area (Å²) in [7, 11) is 0. The zero-order chi connectivity index (χ0) is 16.8. The summed E-state index contributed by atoms with van der Waals surface area (Å²) in [6.07, 6.45) is 0.510. The van der Waals surface area contributed by atoms with Gasteiger partial charge in [-0.05, 0) is 24.1 Å². The summed E-state index contributed by atoms with van der Waals surface area (Å²) < 4.78 is 16.1. The summed E-state index contributed by atoms with van der Waals surface area (Å²) >= 11 is 0. The van der Waals surface area contributed by atoms with Crippen molar-refractivity contribution in [2.24, 2.45) is 5.73 Å². The monoisotopic (exact) mass is 328 g/mol. The average Bonchev–Trinajstić information content (AvgIpc) is 3.07. The minimum atomic E-state index is -0.571. The molecule has 0 fully saturated rings. The van der Waals surface area contributed by atoms with E-state index in [1.807, 2.05) is 30.3 Å². The third-order valence-electron chi connectivity index (χ3n) is 3.65. The standard InChI is InChI=1S/C18H20N2O4/c19-15(10-13-4-2-1-3-5-13)18(21)20-8-9-22-14-6-7-16-17(11-14)24-12-23-16/h1-7,11,15H,8-10,12,19H2,(H,20,21)/t15-/m0/s1. The topological polar surface area (TPSA) is 82.8 Å². The Labute approximate surface area is 140 Å². The molecule has 0 aromatic heterocycles. The number of fused-ring (bicyclic) bond motifs is 1. The van der Waals surface area contributed by atoms with E-state index in [1.165, 1.54) is 0 Å². The summed E-state index contributed by atoms with van der Waals surface area (Å²) in [6.45, 7) is 0.966. The molecule has 6 heteroatoms. The van der Waals surface area contributed by atoms with Crippen molar-refractivity contribution in [3.8, 4) is 17.2 Å². The summed E-state index contributed by atoms with van der Waals surface area (Å²) in [5.74, 6) is 1.86. The van der Waals surface area contributed by atoms with E-state index in [0.29, 0.717) is 36.8 Å². The van der Waals surface area contributed by atoms with Gasteiger partial charge in [-0.3, -0.25) is 4.79 Å². The van der Waals surface area contributed by atoms with Crippen LogP contribution in [0.2, 0.25) is 0 Å². The molecule has 1 atom stereocenters. The second-order valence-electron chi connectivity index (χ2n) is 5.45. The first-order chi connectivity index (χ1) is 11.7. The second-order valence-corrected chi connectivity index (χ2v) is 5.45. The summed E-state index contributed by atoms with van der Waals surface area (Å²) in [5.41, 5.74) is 6.96. The van der Waals surface area contributed by atoms with Gasteiger partial charge in [0.2, 0.25) is 12.7 Å². The second kappa shape index (κ2) is 7.70. The van der Waals surface area contributed by atoms with Crippen molar-refractivity contribution < 1.29 is 19.0 Å². The van der Waals surface area contributed by atoms with E-state index in [-0.39, 0.29) is 12.7 Å². The molecule has 1 aliphatic rings. The van der Waals surface area contributed by atoms with E-state index in [2.05, 4.69) is 5.32 Å². The van der Waals surface area contributed by atoms with Gasteiger partial charge in [-0.15, -0.1) is 0 Å². The number of hydrogen-bond donors (Lipinski definition) is 2. The van der Waals surface area contributed by atoms with E-state index >= 15 is 0 Å². The van der Waals surface area contributed by atoms with Crippen LogP contribution in [-0.2, 0) is 11.2 Å². The largest absolute Gasteiger partial charge is 0.492 e. The van der Waals surface area contributed by atoms with Gasteiger partial charge in [0.15, 0.2) is 11.5 Å². The molecule has 0 saturated heterocycles. The molecule has 2 aromatic rings. The van der Waals surface area contributed by atoms with Gasteiger partial charge in [-0.25, -0.2) is 0 Å². The van der Waals surface area contributed by atoms with Gasteiger partial charge < -0.3 is 25.3 Å². The SMILES string of the molecule is N[C@@H](Cc1ccccc1)C(=O)NCCOc1ccc2c(c1)OCO2. The Balaban J connectivity index is 1.39. The number of benzene rings is 2. The van der Waals surface area contributed by atoms with E-state index in [1.54, 1.807) is 18.2 Å². The van der Waals surface area contributed by atoms with Crippen molar-refractivity contribution in [1.29, 1.82) is 0 Å². The number of rotatable bonds is 7. The van der Waals surface area contributed by atoms with Gasteiger partial charge in [0.25, 0.3) is 0 Å². The summed E-state index contributed by atoms with van der Waals surface area (Å²) in [6, 6.07) is 14.5. The summed E-state index contributed by atoms with van der Waals surface area (Å²) in [5, 5.41) is 2.78. The lowest BCUT2D eigenvalue weighted by Gasteiger charge is -2.13. The van der Waals surface area contributed by atoms with Crippen LogP contribution in [0.5, 0.6) is 17.2 Å². The molecule has 3 rings (SSSR count). The molecule has 0 aliphatic carbocycles. The van der Waals surface area contributed by atoms with Gasteiger partial charge in [0, 0.05) is 6.07 Å². The van der Waals surface area contributed by atoms with Gasteiger partial charge in [0.05, 0.1) is 12.6 Å². The van der Waals surface area contributed by atoms with Crippen LogP contribution in [0.4, 0.5) is 0 Å². The van der Waals surface area contributed by atoms with E-state index in [0.717, 1.165) is 5.56 Å². The number of nitrogens with one attached hydrogen (secondary N) is 1. The Bertz CT molecular complexity index is 691. The molecular weight excluding hydrogens is 308 g/mol. The highest BCUT2D eigenvalue weighted by Gasteiger charge is 2.15. The minimum absolute atomic E-state index is 0.187. The molecule has 1 heterocycles. The Morgan fingerprint density at radius 3 is 2.79 bits per heavy atom. The maximum Gasteiger partial charge on any atom is 0.237 e. The van der Waals surface area contributed by atoms with Crippen LogP contribution in [0, 0.1) is 0 Å². The molecule has 0 spiro atoms. The van der Waals surface area contributed by atoms with Gasteiger partial charge in [-0.2, -0.15) is 0 Å². The maximum atomic E-state index is 12.0. The third kappa shape index (κ3) is 4.17. The van der Waals surface area contributed by atoms with Gasteiger partial charge in [-0.1, -0.05) is 30.3 Å². The van der Waals surface area contributed by atoms with Crippen LogP contribution in [0.1, 0.15) is 5.56 Å². The number of amides is 1. The van der Waals surface area contributed by atoms with Crippen LogP contribution >= 0.6 is 0 Å². The number of ether oxygens (including phenoxy) is 3. The van der Waals surface area contributed by atoms with Crippen LogP contribution in [0.25, 0.3) is 0 Å². The Morgan fingerprint density at radius 2 is 1.96 bits per heavy atom. The molecular formula is C18H20N2O4. The lowest BCUT2D eigenvalue weighted by molar-refractivity contribution is -0.122. The zero-order valence-corrected chi connectivity index (χ0v) is 13.2. The fraction of sp³-hybridized carbons (Fsp3) is 0.278. The van der Waals surface area contributed by atoms with Crippen molar-refractivity contribution in [3.63, 3.8) is 0 Å². The zero-order valence-electron chi connectivity index (χ0n) is 13.2. The molecule has 126 valence electrons. The maximum absolute atomic E-state index is 12.0. The molecule has 0 unspecified atom stereocenters. The van der Waals surface area contributed by atoms with Gasteiger partial charge in [0.1, 0.15) is 12.4 Å². The fourth-order valence-electron chi connectivity index (χ4n) is 2.40. The highest BCUT2D eigenvalue weighted by Crippen LogP contribution is 2.34. The minimum Gasteiger partial charge on any atom is -0.492 e. The van der Waals surface area contributed by atoms with Crippen molar-refractivity contribution >= 4 is 5.91 Å². The summed E-state index contributed by atoms with van der Waals surface area (Å²) in [4.78, 5) is 12.0. The highest BCUT2D eigenvalue weighted by atomic mass is 16.7. The fourth-order valence-corrected chi connectivity index (χ4v) is 2.40. The van der Waals surface area contributed by atoms with Crippen LogP contribution in [0.3, 0.4) is 0 Å². The Hall–Kier alpha value is -2.73. The van der Waals surface area contributed by atoms with Crippen LogP contribution in [-0.4, -0.2) is 31.9 Å². The van der Waals surface area contributed by atoms with Crippen molar-refractivity contribution in [2.75, 3.05) is 19.9 Å². The molecule has 2 aromatic carbocycles. The lowest BCUT2D eigenvalue weighted by atomic mass is 10.1. The number of carbonyl (C=O) groups excluding carboxylic acids is 1. The molecule has 3 N–H and O–H groups in total. The number of carbonyl (C=O) groups is 1. The first kappa shape index (κ1) is 16.1. The predicted octanol–water partition coefficient (Wildman–Crippen LogP) is 1.48. The van der Waals surface area contributed by atoms with E-state index < -0.39 is 6.04 Å². The lowest BCUT2D eigenvalue weighted by Crippen LogP contribution is -2.43. The molecule has 6 nitrogen and oxygen atoms in total. The molecule has 1 amide bonds. The van der Waals surface area contributed by atoms with Crippen LogP contribution < -0.4 is 25.3 Å². The smallest absolute Gasteiger partial charge is 0.237 e. The number of nitrogens with two attached hydrogens (primary N) is 1. The Morgan fingerprint density at radius 1 is 1.17 bits per heavy atom. The van der Waals surface area contributed by atoms with Crippen molar-refractivity contribution in [3.05, 3.63) is 54.1 Å². The quantitative estimate of drug-likeness (QED) is 0.752. The normalized spacial score (nSPS) is 13.4. The van der Waals surface area contributed by atoms with Crippen molar-refractivity contribution in [2.45, 2.75) is 12.5 Å². The molecule has 0 saturated carbocycles. The Kier molecular flexibility index (Phi) is 5.18. The van der Waals surface area contributed by atoms with E-state index in [4.69, 9.17) is 19.9 Å². The van der Waals surface area contributed by atoms with Gasteiger partial charge >= 0.3 is 0 Å². The first-order valence-electron chi connectivity index (χ1n) is 7.82. The highest BCUT2D eigenvalue weighted by molar-refractivity contribution is 5.81. The van der Waals surface area contributed by atoms with E-state index in [9.17, 15) is 4.79 Å². The molecule has 1 aliphatic heterocycles. The van der Waals surface area contributed by atoms with Crippen LogP contribution in [0.15, 0.2) is 48.5 Å². The van der Waals surface area contributed by atoms with Crippen molar-refractivity contribution in [1.82, 2.24) is 5.32 Å². The molecule has 0 bridgehead atoms. The predicted molar refractivity (Wildman–Crippen MR) is 89.2 cm³/mol. The molecule has 0 radical (unpaired) electrons. The first-order valence-corrected chi connectivity index (χ1v) is 7.82. The number of hydrogen-bond acceptors (Lipinski definition) is 5. The third-order valence-corrected chi connectivity index (χ3v) is 3.65. The average molecular weight is 328 g/mol.